The van der Waals surface area contributed by atoms with Crippen molar-refractivity contribution in [3.05, 3.63) is 48.3 Å². The summed E-state index contributed by atoms with van der Waals surface area (Å²) in [5, 5.41) is 23.9. The minimum Gasteiger partial charge on any atom is -0.480 e. The van der Waals surface area contributed by atoms with Gasteiger partial charge in [-0.05, 0) is 12.1 Å². The molecule has 20 heavy (non-hydrogen) atoms. The Balaban J connectivity index is 2.13. The predicted octanol–water partition coefficient (Wildman–Crippen LogP) is 0.0476. The van der Waals surface area contributed by atoms with Crippen LogP contribution in [0.4, 0.5) is 0 Å². The van der Waals surface area contributed by atoms with Crippen LogP contribution in [0, 0.1) is 0 Å². The van der Waals surface area contributed by atoms with Crippen molar-refractivity contribution in [3.8, 4) is 5.69 Å². The van der Waals surface area contributed by atoms with Crippen LogP contribution in [-0.4, -0.2) is 44.5 Å². The lowest BCUT2D eigenvalue weighted by Gasteiger charge is -2.10. The van der Waals surface area contributed by atoms with Gasteiger partial charge in [-0.25, -0.2) is 9.48 Å². The molecule has 104 valence electrons. The van der Waals surface area contributed by atoms with E-state index in [0.717, 1.165) is 5.69 Å². The Labute approximate surface area is 114 Å². The number of benzene rings is 1. The highest BCUT2D eigenvalue weighted by Gasteiger charge is 2.20. The standard InChI is InChI=1S/C13H13N3O4/c17-8-11(13(19)20)15-12(18)9-6-14-16(7-9)10-4-2-1-3-5-10/h1-7,11,17H,8H2,(H,15,18)(H,19,20)/t11-/m1/s1. The monoisotopic (exact) mass is 275 g/mol. The van der Waals surface area contributed by atoms with Gasteiger partial charge in [-0.1, -0.05) is 18.2 Å². The molecule has 0 aliphatic carbocycles. The van der Waals surface area contributed by atoms with Crippen molar-refractivity contribution < 1.29 is 19.8 Å². The summed E-state index contributed by atoms with van der Waals surface area (Å²) < 4.78 is 1.50. The maximum Gasteiger partial charge on any atom is 0.328 e. The SMILES string of the molecule is O=C(N[C@H](CO)C(=O)O)c1cnn(-c2ccccc2)c1. The molecular formula is C13H13N3O4. The second kappa shape index (κ2) is 5.98. The van der Waals surface area contributed by atoms with E-state index in [1.807, 2.05) is 30.3 Å². The summed E-state index contributed by atoms with van der Waals surface area (Å²) in [6, 6.07) is 7.85. The summed E-state index contributed by atoms with van der Waals surface area (Å²) in [6.45, 7) is -0.673. The third kappa shape index (κ3) is 3.01. The van der Waals surface area contributed by atoms with Gasteiger partial charge in [0.25, 0.3) is 5.91 Å². The number of carbonyl (C=O) groups is 2. The minimum absolute atomic E-state index is 0.216. The summed E-state index contributed by atoms with van der Waals surface area (Å²) >= 11 is 0. The first-order valence-electron chi connectivity index (χ1n) is 5.86. The Bertz CT molecular complexity index is 609. The highest BCUT2D eigenvalue weighted by molar-refractivity contribution is 5.96. The first-order valence-corrected chi connectivity index (χ1v) is 5.86. The van der Waals surface area contributed by atoms with Crippen molar-refractivity contribution in [2.24, 2.45) is 0 Å². The van der Waals surface area contributed by atoms with Crippen molar-refractivity contribution >= 4 is 11.9 Å². The second-order valence-corrected chi connectivity index (χ2v) is 4.06. The zero-order valence-corrected chi connectivity index (χ0v) is 10.4. The summed E-state index contributed by atoms with van der Waals surface area (Å²) in [6.07, 6.45) is 2.82. The Kier molecular flexibility index (Phi) is 4.11. The molecule has 0 saturated carbocycles. The average molecular weight is 275 g/mol. The molecule has 7 nitrogen and oxygen atoms in total. The molecule has 3 N–H and O–H groups in total. The molecule has 0 fully saturated rings. The van der Waals surface area contributed by atoms with Crippen LogP contribution in [0.1, 0.15) is 10.4 Å². The molecule has 0 bridgehead atoms. The molecule has 1 atom stereocenters. The molecule has 1 amide bonds. The predicted molar refractivity (Wildman–Crippen MR) is 69.5 cm³/mol. The molecule has 2 aromatic rings. The van der Waals surface area contributed by atoms with Gasteiger partial charge >= 0.3 is 5.97 Å². The van der Waals surface area contributed by atoms with Crippen LogP contribution in [0.2, 0.25) is 0 Å². The first kappa shape index (κ1) is 13.8. The van der Waals surface area contributed by atoms with Crippen LogP contribution < -0.4 is 5.32 Å². The van der Waals surface area contributed by atoms with Gasteiger partial charge in [0.1, 0.15) is 0 Å². The van der Waals surface area contributed by atoms with Crippen LogP contribution in [0.15, 0.2) is 42.7 Å². The number of carboxylic acid groups (broad SMARTS) is 1. The summed E-state index contributed by atoms with van der Waals surface area (Å²) in [4.78, 5) is 22.6. The summed E-state index contributed by atoms with van der Waals surface area (Å²) in [7, 11) is 0. The number of nitrogens with zero attached hydrogens (tertiary/aromatic N) is 2. The minimum atomic E-state index is -1.33. The number of carboxylic acids is 1. The van der Waals surface area contributed by atoms with Gasteiger partial charge in [0.2, 0.25) is 0 Å². The molecule has 2 rings (SSSR count). The summed E-state index contributed by atoms with van der Waals surface area (Å²) in [5.74, 6) is -1.90. The van der Waals surface area contributed by atoms with Crippen LogP contribution in [0.5, 0.6) is 0 Å². The number of aliphatic carboxylic acids is 1. The largest absolute Gasteiger partial charge is 0.480 e. The van der Waals surface area contributed by atoms with E-state index in [1.165, 1.54) is 17.1 Å². The number of carbonyl (C=O) groups excluding carboxylic acids is 1. The molecule has 0 spiro atoms. The van der Waals surface area contributed by atoms with Crippen LogP contribution in [0.25, 0.3) is 5.69 Å². The fourth-order valence-electron chi connectivity index (χ4n) is 1.59. The Morgan fingerprint density at radius 3 is 2.60 bits per heavy atom. The number of rotatable bonds is 5. The molecular weight excluding hydrogens is 262 g/mol. The Morgan fingerprint density at radius 1 is 1.30 bits per heavy atom. The lowest BCUT2D eigenvalue weighted by atomic mass is 10.2. The number of aliphatic hydroxyl groups excluding tert-OH is 1. The van der Waals surface area contributed by atoms with Crippen LogP contribution in [-0.2, 0) is 4.79 Å². The van der Waals surface area contributed by atoms with Gasteiger partial charge in [0, 0.05) is 6.20 Å². The van der Waals surface area contributed by atoms with E-state index in [4.69, 9.17) is 10.2 Å². The van der Waals surface area contributed by atoms with Crippen molar-refractivity contribution in [2.45, 2.75) is 6.04 Å². The van der Waals surface area contributed by atoms with E-state index >= 15 is 0 Å². The number of hydrogen-bond donors (Lipinski definition) is 3. The molecule has 1 aromatic heterocycles. The number of para-hydroxylation sites is 1. The van der Waals surface area contributed by atoms with E-state index in [0.29, 0.717) is 0 Å². The van der Waals surface area contributed by atoms with E-state index in [9.17, 15) is 9.59 Å². The van der Waals surface area contributed by atoms with E-state index in [-0.39, 0.29) is 5.56 Å². The normalized spacial score (nSPS) is 11.8. The molecule has 0 unspecified atom stereocenters. The summed E-state index contributed by atoms with van der Waals surface area (Å²) in [5.41, 5.74) is 0.997. The van der Waals surface area contributed by atoms with Crippen molar-refractivity contribution in [1.82, 2.24) is 15.1 Å². The number of hydrogen-bond acceptors (Lipinski definition) is 4. The lowest BCUT2D eigenvalue weighted by Crippen LogP contribution is -2.43. The third-order valence-electron chi connectivity index (χ3n) is 2.65. The molecule has 0 saturated heterocycles. The smallest absolute Gasteiger partial charge is 0.328 e. The van der Waals surface area contributed by atoms with Crippen LogP contribution >= 0.6 is 0 Å². The lowest BCUT2D eigenvalue weighted by molar-refractivity contribution is -0.140. The zero-order chi connectivity index (χ0) is 14.5. The molecule has 0 aliphatic heterocycles. The zero-order valence-electron chi connectivity index (χ0n) is 10.4. The van der Waals surface area contributed by atoms with Gasteiger partial charge in [-0.3, -0.25) is 4.79 Å². The highest BCUT2D eigenvalue weighted by Crippen LogP contribution is 2.07. The Hall–Kier alpha value is -2.67. The van der Waals surface area contributed by atoms with Gasteiger partial charge in [0.05, 0.1) is 24.1 Å². The third-order valence-corrected chi connectivity index (χ3v) is 2.65. The van der Waals surface area contributed by atoms with Gasteiger partial charge in [-0.2, -0.15) is 5.10 Å². The fraction of sp³-hybridized carbons (Fsp3) is 0.154. The molecule has 0 aliphatic rings. The van der Waals surface area contributed by atoms with Gasteiger partial charge in [-0.15, -0.1) is 0 Å². The van der Waals surface area contributed by atoms with E-state index in [1.54, 1.807) is 0 Å². The van der Waals surface area contributed by atoms with Gasteiger partial charge < -0.3 is 15.5 Å². The molecule has 7 heteroatoms. The van der Waals surface area contributed by atoms with Crippen LogP contribution in [0.3, 0.4) is 0 Å². The number of aliphatic hydroxyl groups is 1. The molecule has 0 radical (unpaired) electrons. The fourth-order valence-corrected chi connectivity index (χ4v) is 1.59. The quantitative estimate of drug-likeness (QED) is 0.715. The first-order chi connectivity index (χ1) is 9.61. The van der Waals surface area contributed by atoms with Crippen molar-refractivity contribution in [1.29, 1.82) is 0 Å². The molecule has 1 aromatic carbocycles. The van der Waals surface area contributed by atoms with E-state index in [2.05, 4.69) is 10.4 Å². The van der Waals surface area contributed by atoms with E-state index < -0.39 is 24.5 Å². The second-order valence-electron chi connectivity index (χ2n) is 4.06. The Morgan fingerprint density at radius 2 is 2.00 bits per heavy atom. The molecule has 1 heterocycles. The maximum absolute atomic E-state index is 11.8. The number of amides is 1. The maximum atomic E-state index is 11.8. The number of aromatic nitrogens is 2. The highest BCUT2D eigenvalue weighted by atomic mass is 16.4. The topological polar surface area (TPSA) is 104 Å². The van der Waals surface area contributed by atoms with Crippen molar-refractivity contribution in [2.75, 3.05) is 6.61 Å². The van der Waals surface area contributed by atoms with Gasteiger partial charge in [0.15, 0.2) is 6.04 Å². The average Bonchev–Trinajstić information content (AvgIpc) is 2.95. The number of nitrogens with one attached hydrogen (secondary N) is 1. The van der Waals surface area contributed by atoms with Crippen molar-refractivity contribution in [3.63, 3.8) is 0 Å².